The van der Waals surface area contributed by atoms with E-state index in [1.807, 2.05) is 24.3 Å². The van der Waals surface area contributed by atoms with Crippen LogP contribution in [0, 0.1) is 0 Å². The van der Waals surface area contributed by atoms with Gasteiger partial charge in [0, 0.05) is 37.1 Å². The first-order valence-corrected chi connectivity index (χ1v) is 6.67. The number of halogens is 2. The van der Waals surface area contributed by atoms with Crippen molar-refractivity contribution in [2.24, 2.45) is 0 Å². The fourth-order valence-electron chi connectivity index (χ4n) is 2.07. The second kappa shape index (κ2) is 10.9. The van der Waals surface area contributed by atoms with E-state index in [4.69, 9.17) is 14.2 Å². The Balaban J connectivity index is 0.00000242. The van der Waals surface area contributed by atoms with Crippen molar-refractivity contribution >= 4 is 24.8 Å². The summed E-state index contributed by atoms with van der Waals surface area (Å²) < 4.78 is 16.0. The largest absolute Gasteiger partial charge is 0.496 e. The molecule has 0 unspecified atom stereocenters. The highest BCUT2D eigenvalue weighted by Crippen LogP contribution is 2.34. The van der Waals surface area contributed by atoms with Crippen molar-refractivity contribution in [2.45, 2.75) is 13.1 Å². The quantitative estimate of drug-likeness (QED) is 0.821. The number of rotatable bonds is 7. The zero-order valence-corrected chi connectivity index (χ0v) is 15.0. The van der Waals surface area contributed by atoms with Crippen molar-refractivity contribution in [1.29, 1.82) is 0 Å². The third kappa shape index (κ3) is 5.78. The topological polar surface area (TPSA) is 52.6 Å². The molecule has 1 N–H and O–H groups in total. The molecule has 0 radical (unpaired) electrons. The molecule has 0 fully saturated rings. The number of aromatic nitrogens is 1. The molecule has 1 heterocycles. The summed E-state index contributed by atoms with van der Waals surface area (Å²) in [6.07, 6.45) is 3.57. The van der Waals surface area contributed by atoms with Gasteiger partial charge in [-0.2, -0.15) is 0 Å². The van der Waals surface area contributed by atoms with Crippen molar-refractivity contribution in [2.75, 3.05) is 21.3 Å². The maximum Gasteiger partial charge on any atom is 0.164 e. The van der Waals surface area contributed by atoms with Gasteiger partial charge in [0.05, 0.1) is 21.3 Å². The molecule has 0 aliphatic rings. The lowest BCUT2D eigenvalue weighted by molar-refractivity contribution is 0.347. The van der Waals surface area contributed by atoms with E-state index in [0.29, 0.717) is 18.0 Å². The molecule has 5 nitrogen and oxygen atoms in total. The summed E-state index contributed by atoms with van der Waals surface area (Å²) in [6.45, 7) is 1.44. The monoisotopic (exact) mass is 360 g/mol. The normalized spacial score (nSPS) is 9.35. The fourth-order valence-corrected chi connectivity index (χ4v) is 2.07. The summed E-state index contributed by atoms with van der Waals surface area (Å²) in [5, 5.41) is 3.38. The zero-order valence-electron chi connectivity index (χ0n) is 13.4. The van der Waals surface area contributed by atoms with Crippen LogP contribution in [0.3, 0.4) is 0 Å². The molecule has 1 aromatic carbocycles. The Bertz CT molecular complexity index is 583. The number of ether oxygens (including phenoxy) is 3. The van der Waals surface area contributed by atoms with E-state index in [2.05, 4.69) is 10.3 Å². The molecule has 2 aromatic rings. The van der Waals surface area contributed by atoms with E-state index < -0.39 is 0 Å². The van der Waals surface area contributed by atoms with Gasteiger partial charge in [0.15, 0.2) is 11.5 Å². The van der Waals surface area contributed by atoms with Gasteiger partial charge in [-0.1, -0.05) is 0 Å². The number of hydrogen-bond acceptors (Lipinski definition) is 5. The van der Waals surface area contributed by atoms with Crippen LogP contribution < -0.4 is 19.5 Å². The Morgan fingerprint density at radius 3 is 1.96 bits per heavy atom. The molecule has 1 aromatic heterocycles. The number of methoxy groups -OCH3 is 3. The fraction of sp³-hybridized carbons (Fsp3) is 0.312. The molecule has 0 saturated carbocycles. The van der Waals surface area contributed by atoms with E-state index in [-0.39, 0.29) is 24.8 Å². The molecule has 0 saturated heterocycles. The van der Waals surface area contributed by atoms with E-state index in [1.54, 1.807) is 33.7 Å². The van der Waals surface area contributed by atoms with Gasteiger partial charge in [0.2, 0.25) is 0 Å². The maximum atomic E-state index is 5.40. The number of nitrogens with one attached hydrogen (secondary N) is 1. The van der Waals surface area contributed by atoms with Gasteiger partial charge >= 0.3 is 0 Å². The van der Waals surface area contributed by atoms with Gasteiger partial charge < -0.3 is 19.5 Å². The Kier molecular flexibility index (Phi) is 10.1. The molecule has 0 spiro atoms. The Hall–Kier alpha value is -1.69. The minimum absolute atomic E-state index is 0. The summed E-state index contributed by atoms with van der Waals surface area (Å²) in [4.78, 5) is 4.00. The molecule has 7 heteroatoms. The zero-order chi connectivity index (χ0) is 15.1. The molecule has 0 atom stereocenters. The molecule has 0 bridgehead atoms. The third-order valence-corrected chi connectivity index (χ3v) is 3.18. The van der Waals surface area contributed by atoms with E-state index >= 15 is 0 Å². The van der Waals surface area contributed by atoms with E-state index in [1.165, 1.54) is 5.56 Å². The lowest BCUT2D eigenvalue weighted by Crippen LogP contribution is -2.13. The van der Waals surface area contributed by atoms with Gasteiger partial charge in [0.25, 0.3) is 0 Å². The molecule has 2 rings (SSSR count). The van der Waals surface area contributed by atoms with Crippen LogP contribution in [-0.2, 0) is 13.1 Å². The smallest absolute Gasteiger partial charge is 0.164 e. The minimum Gasteiger partial charge on any atom is -0.496 e. The molecule has 128 valence electrons. The summed E-state index contributed by atoms with van der Waals surface area (Å²) in [5.41, 5.74) is 2.20. The van der Waals surface area contributed by atoms with Crippen LogP contribution in [0.15, 0.2) is 36.7 Å². The summed E-state index contributed by atoms with van der Waals surface area (Å²) in [6, 6.07) is 7.73. The predicted molar refractivity (Wildman–Crippen MR) is 95.4 cm³/mol. The Morgan fingerprint density at radius 2 is 1.39 bits per heavy atom. The first kappa shape index (κ1) is 21.3. The Morgan fingerprint density at radius 1 is 0.826 bits per heavy atom. The van der Waals surface area contributed by atoms with Crippen LogP contribution in [-0.4, -0.2) is 26.3 Å². The van der Waals surface area contributed by atoms with Crippen LogP contribution in [0.1, 0.15) is 11.1 Å². The maximum absolute atomic E-state index is 5.40. The van der Waals surface area contributed by atoms with Crippen LogP contribution in [0.25, 0.3) is 0 Å². The predicted octanol–water partition coefficient (Wildman–Crippen LogP) is 3.24. The van der Waals surface area contributed by atoms with E-state index in [9.17, 15) is 0 Å². The molecule has 0 aliphatic heterocycles. The second-order valence-electron chi connectivity index (χ2n) is 4.48. The van der Waals surface area contributed by atoms with Gasteiger partial charge in [-0.15, -0.1) is 24.8 Å². The third-order valence-electron chi connectivity index (χ3n) is 3.18. The standard InChI is InChI=1S/C16H20N2O3.2ClH/c1-19-14-9-16(21-3)15(20-2)8-13(14)11-18-10-12-4-6-17-7-5-12;;/h4-9,18H,10-11H2,1-3H3;2*1H. The van der Waals surface area contributed by atoms with Crippen molar-refractivity contribution in [3.8, 4) is 17.2 Å². The highest BCUT2D eigenvalue weighted by atomic mass is 35.5. The number of benzene rings is 1. The minimum atomic E-state index is 0. The van der Waals surface area contributed by atoms with Crippen molar-refractivity contribution in [1.82, 2.24) is 10.3 Å². The van der Waals surface area contributed by atoms with E-state index in [0.717, 1.165) is 17.9 Å². The highest BCUT2D eigenvalue weighted by Gasteiger charge is 2.11. The van der Waals surface area contributed by atoms with Crippen molar-refractivity contribution < 1.29 is 14.2 Å². The molecular weight excluding hydrogens is 339 g/mol. The first-order valence-electron chi connectivity index (χ1n) is 6.67. The van der Waals surface area contributed by atoms with Crippen LogP contribution in [0.4, 0.5) is 0 Å². The Labute approximate surface area is 149 Å². The summed E-state index contributed by atoms with van der Waals surface area (Å²) in [5.74, 6) is 2.13. The van der Waals surface area contributed by atoms with Gasteiger partial charge in [-0.3, -0.25) is 4.98 Å². The van der Waals surface area contributed by atoms with Gasteiger partial charge in [-0.05, 0) is 23.8 Å². The van der Waals surface area contributed by atoms with Crippen LogP contribution in [0.2, 0.25) is 0 Å². The summed E-state index contributed by atoms with van der Waals surface area (Å²) >= 11 is 0. The highest BCUT2D eigenvalue weighted by molar-refractivity contribution is 5.85. The average molecular weight is 361 g/mol. The van der Waals surface area contributed by atoms with Crippen LogP contribution in [0.5, 0.6) is 17.2 Å². The lowest BCUT2D eigenvalue weighted by Gasteiger charge is -2.14. The number of hydrogen-bond donors (Lipinski definition) is 1. The van der Waals surface area contributed by atoms with Gasteiger partial charge in [0.1, 0.15) is 5.75 Å². The van der Waals surface area contributed by atoms with Crippen LogP contribution >= 0.6 is 24.8 Å². The van der Waals surface area contributed by atoms with Gasteiger partial charge in [-0.25, -0.2) is 0 Å². The second-order valence-corrected chi connectivity index (χ2v) is 4.48. The number of pyridine rings is 1. The number of nitrogens with zero attached hydrogens (tertiary/aromatic N) is 1. The molecule has 0 aliphatic carbocycles. The first-order chi connectivity index (χ1) is 10.3. The molecule has 0 amide bonds. The summed E-state index contributed by atoms with van der Waals surface area (Å²) in [7, 11) is 4.88. The average Bonchev–Trinajstić information content (AvgIpc) is 2.55. The van der Waals surface area contributed by atoms with Crippen molar-refractivity contribution in [3.63, 3.8) is 0 Å². The molecule has 23 heavy (non-hydrogen) atoms. The molecular formula is C16H22Cl2N2O3. The lowest BCUT2D eigenvalue weighted by atomic mass is 10.1. The van der Waals surface area contributed by atoms with Crippen molar-refractivity contribution in [3.05, 3.63) is 47.8 Å². The SMILES string of the molecule is COc1cc(OC)c(OC)cc1CNCc1ccncc1.Cl.Cl.